The molecule has 0 spiro atoms. The summed E-state index contributed by atoms with van der Waals surface area (Å²) in [6.45, 7) is 0. The van der Waals surface area contributed by atoms with Gasteiger partial charge in [-0.2, -0.15) is 93.1 Å². The molecule has 0 amide bonds. The number of hydrogen-bond donors (Lipinski definition) is 0. The Kier molecular flexibility index (Phi) is 17.0. The molecule has 0 radical (unpaired) electrons. The van der Waals surface area contributed by atoms with Crippen molar-refractivity contribution in [1.82, 2.24) is 0 Å². The smallest absolute Gasteiger partial charge is 0.0255 e. The summed E-state index contributed by atoms with van der Waals surface area (Å²) in [6.07, 6.45) is 1.52. The van der Waals surface area contributed by atoms with Crippen molar-refractivity contribution in [2.75, 3.05) is 0 Å². The van der Waals surface area contributed by atoms with Gasteiger partial charge in [0.25, 0.3) is 0 Å². The first-order valence-electron chi connectivity index (χ1n) is 14.7. The molecule has 0 aliphatic heterocycles. The van der Waals surface area contributed by atoms with E-state index < -0.39 is 23.5 Å². The van der Waals surface area contributed by atoms with Crippen LogP contribution in [-0.4, -0.2) is 4.21 Å². The zero-order valence-electron chi connectivity index (χ0n) is 26.3. The number of alkyl halides is 6. The SMILES string of the molecule is FC(F)(F)c1c[c-]ccc1.FC(F)(F)c1c[c-]ccc1.[C-]1=CC=CC1.[CH2]=[Zr+2].[Cl-].[Cl-].c1ccc2c(c1)[cH-]c1c3ccccc3c3ccccc3c21. The van der Waals surface area contributed by atoms with Gasteiger partial charge in [-0.15, -0.1) is 40.1 Å². The van der Waals surface area contributed by atoms with Crippen molar-refractivity contribution in [1.29, 1.82) is 0 Å². The second-order valence-electron chi connectivity index (χ2n) is 10.2. The molecule has 7 aromatic rings. The number of fused-ring (bicyclic) bond motifs is 8. The zero-order chi connectivity index (χ0) is 34.6. The van der Waals surface area contributed by atoms with Gasteiger partial charge in [-0.3, -0.25) is 6.08 Å². The Labute approximate surface area is 314 Å². The van der Waals surface area contributed by atoms with E-state index in [0.717, 1.165) is 30.7 Å². The normalized spacial score (nSPS) is 11.4. The average Bonchev–Trinajstić information content (AvgIpc) is 3.83. The fraction of sp³-hybridized carbons (Fsp3) is 0.0732. The van der Waals surface area contributed by atoms with Gasteiger partial charge < -0.3 is 24.8 Å². The number of rotatable bonds is 0. The Morgan fingerprint density at radius 2 is 1.04 bits per heavy atom. The van der Waals surface area contributed by atoms with Crippen LogP contribution in [-0.2, 0) is 36.6 Å². The topological polar surface area (TPSA) is 0 Å². The van der Waals surface area contributed by atoms with E-state index in [0.29, 0.717) is 0 Å². The molecule has 0 N–H and O–H groups in total. The van der Waals surface area contributed by atoms with E-state index in [1.165, 1.54) is 91.6 Å². The summed E-state index contributed by atoms with van der Waals surface area (Å²) >= 11 is 1.30. The summed E-state index contributed by atoms with van der Waals surface area (Å²) in [5, 5.41) is 10.8. The first-order chi connectivity index (χ1) is 23.1. The van der Waals surface area contributed by atoms with E-state index >= 15 is 0 Å². The van der Waals surface area contributed by atoms with Gasteiger partial charge >= 0.3 is 40.8 Å². The summed E-state index contributed by atoms with van der Waals surface area (Å²) in [6, 6.07) is 42.5. The minimum absolute atomic E-state index is 0. The van der Waals surface area contributed by atoms with E-state index in [4.69, 9.17) is 0 Å². The Hall–Kier alpha value is -3.90. The Balaban J connectivity index is 0.000000254. The largest absolute Gasteiger partial charge is 1.00 e. The molecule has 0 saturated heterocycles. The molecule has 0 unspecified atom stereocenters. The molecular formula is C41H28Cl2F6Zr-4. The van der Waals surface area contributed by atoms with Crippen LogP contribution in [0.5, 0.6) is 0 Å². The molecule has 50 heavy (non-hydrogen) atoms. The maximum Gasteiger partial charge on any atom is -0.0255 e. The molecule has 0 heterocycles. The summed E-state index contributed by atoms with van der Waals surface area (Å²) in [5.74, 6) is 0. The van der Waals surface area contributed by atoms with Crippen LogP contribution in [0.2, 0.25) is 0 Å². The van der Waals surface area contributed by atoms with Crippen molar-refractivity contribution in [2.24, 2.45) is 0 Å². The summed E-state index contributed by atoms with van der Waals surface area (Å²) < 4.78 is 73.9. The molecule has 0 aromatic heterocycles. The van der Waals surface area contributed by atoms with Gasteiger partial charge in [0.2, 0.25) is 0 Å². The van der Waals surface area contributed by atoms with E-state index in [9.17, 15) is 26.3 Å². The van der Waals surface area contributed by atoms with E-state index in [1.54, 1.807) is 0 Å². The minimum atomic E-state index is -4.24. The first-order valence-corrected chi connectivity index (χ1v) is 16.4. The quantitative estimate of drug-likeness (QED) is 0.0961. The summed E-state index contributed by atoms with van der Waals surface area (Å²) in [7, 11) is 0. The van der Waals surface area contributed by atoms with Gasteiger partial charge in [-0.05, 0) is 10.8 Å². The van der Waals surface area contributed by atoms with Crippen LogP contribution >= 0.6 is 0 Å². The van der Waals surface area contributed by atoms with Gasteiger partial charge in [0.05, 0.1) is 0 Å². The monoisotopic (exact) mass is 794 g/mol. The van der Waals surface area contributed by atoms with Crippen molar-refractivity contribution in [2.45, 2.75) is 18.8 Å². The third kappa shape index (κ3) is 11.1. The molecule has 1 aliphatic carbocycles. The molecule has 0 atom stereocenters. The second-order valence-corrected chi connectivity index (χ2v) is 10.2. The van der Waals surface area contributed by atoms with Gasteiger partial charge in [0.1, 0.15) is 0 Å². The third-order valence-corrected chi connectivity index (χ3v) is 7.16. The van der Waals surface area contributed by atoms with Crippen molar-refractivity contribution < 1.29 is 75.4 Å². The van der Waals surface area contributed by atoms with Crippen LogP contribution in [0.3, 0.4) is 0 Å². The predicted molar refractivity (Wildman–Crippen MR) is 181 cm³/mol. The third-order valence-electron chi connectivity index (χ3n) is 7.16. The molecule has 0 fully saturated rings. The molecule has 0 bridgehead atoms. The van der Waals surface area contributed by atoms with Crippen molar-refractivity contribution in [3.8, 4) is 0 Å². The predicted octanol–water partition coefficient (Wildman–Crippen LogP) is 6.31. The fourth-order valence-electron chi connectivity index (χ4n) is 5.09. The molecule has 256 valence electrons. The number of benzene rings is 6. The first kappa shape index (κ1) is 42.3. The van der Waals surface area contributed by atoms with Crippen LogP contribution in [0.1, 0.15) is 17.5 Å². The van der Waals surface area contributed by atoms with E-state index in [1.807, 2.05) is 12.2 Å². The Morgan fingerprint density at radius 1 is 0.580 bits per heavy atom. The molecule has 9 heteroatoms. The van der Waals surface area contributed by atoms with Gasteiger partial charge in [0, 0.05) is 0 Å². The Bertz CT molecular complexity index is 2060. The second kappa shape index (κ2) is 20.1. The van der Waals surface area contributed by atoms with Crippen molar-refractivity contribution in [3.63, 3.8) is 0 Å². The molecule has 0 saturated carbocycles. The Morgan fingerprint density at radius 3 is 1.44 bits per heavy atom. The molecule has 8 rings (SSSR count). The van der Waals surface area contributed by atoms with Crippen LogP contribution in [0.4, 0.5) is 26.3 Å². The van der Waals surface area contributed by atoms with E-state index in [-0.39, 0.29) is 24.8 Å². The fourth-order valence-corrected chi connectivity index (χ4v) is 5.09. The van der Waals surface area contributed by atoms with Crippen LogP contribution in [0.15, 0.2) is 146 Å². The van der Waals surface area contributed by atoms with Gasteiger partial charge in [-0.25, -0.2) is 12.2 Å². The molecular weight excluding hydrogens is 769 g/mol. The van der Waals surface area contributed by atoms with Crippen LogP contribution in [0.25, 0.3) is 43.1 Å². The zero-order valence-corrected chi connectivity index (χ0v) is 30.3. The number of allylic oxidation sites excluding steroid dienone is 4. The number of halogens is 8. The summed E-state index contributed by atoms with van der Waals surface area (Å²) in [4.78, 5) is 0. The van der Waals surface area contributed by atoms with E-state index in [2.05, 4.69) is 107 Å². The minimum Gasteiger partial charge on any atom is -1.00 e. The number of hydrogen-bond acceptors (Lipinski definition) is 0. The molecule has 0 nitrogen and oxygen atoms in total. The average molecular weight is 797 g/mol. The maximum absolute atomic E-state index is 11.8. The van der Waals surface area contributed by atoms with Gasteiger partial charge in [-0.1, -0.05) is 88.6 Å². The van der Waals surface area contributed by atoms with Crippen molar-refractivity contribution >= 4 is 47.3 Å². The van der Waals surface area contributed by atoms with Gasteiger partial charge in [0.15, 0.2) is 0 Å². The van der Waals surface area contributed by atoms with Crippen LogP contribution < -0.4 is 24.8 Å². The van der Waals surface area contributed by atoms with Crippen LogP contribution in [0, 0.1) is 18.2 Å². The summed E-state index contributed by atoms with van der Waals surface area (Å²) in [5.41, 5.74) is -1.31. The standard InChI is InChI=1S/C21H13.2C7H4F3.C5H5.CH2.2ClH.Zr/c1-2-8-15-14(7-1)13-20-18-11-4-3-9-16(18)17-10-5-6-12-19(17)21(15)20;2*8-7(9,10)6-4-2-1-3-5-6;1-2-4-5-3-1;;;;/h1-13H;2*1-2,4-5H;1-3H,4H2;1H2;2*1H;/q4*-1;;;;+2/p-2. The molecule has 1 aliphatic rings. The maximum atomic E-state index is 11.8. The van der Waals surface area contributed by atoms with Crippen molar-refractivity contribution in [3.05, 3.63) is 175 Å². The molecule has 7 aromatic carbocycles.